The lowest BCUT2D eigenvalue weighted by atomic mass is 10.1. The lowest BCUT2D eigenvalue weighted by molar-refractivity contribution is 0.0683. The summed E-state index contributed by atoms with van der Waals surface area (Å²) in [6, 6.07) is 5.84. The number of halogens is 1. The van der Waals surface area contributed by atoms with Crippen LogP contribution in [0.2, 0.25) is 0 Å². The van der Waals surface area contributed by atoms with Gasteiger partial charge in [-0.05, 0) is 24.6 Å². The Bertz CT molecular complexity index is 584. The van der Waals surface area contributed by atoms with Gasteiger partial charge < -0.3 is 5.11 Å². The number of carbonyl (C=O) groups is 1. The van der Waals surface area contributed by atoms with Crippen LogP contribution in [0.4, 0.5) is 4.39 Å². The maximum absolute atomic E-state index is 13.1. The smallest absolute Gasteiger partial charge is 0.373 e. The first-order valence-electron chi connectivity index (χ1n) is 4.91. The second kappa shape index (κ2) is 4.29. The van der Waals surface area contributed by atoms with Crippen molar-refractivity contribution in [1.82, 2.24) is 9.97 Å². The van der Waals surface area contributed by atoms with Crippen LogP contribution in [-0.2, 0) is 0 Å². The van der Waals surface area contributed by atoms with E-state index in [1.54, 1.807) is 19.1 Å². The quantitative estimate of drug-likeness (QED) is 0.862. The molecule has 0 radical (unpaired) electrons. The molecule has 0 aliphatic carbocycles. The molecule has 1 heterocycles. The molecule has 1 aromatic carbocycles. The summed E-state index contributed by atoms with van der Waals surface area (Å²) in [6.07, 6.45) is 1.41. The van der Waals surface area contributed by atoms with Crippen molar-refractivity contribution >= 4 is 5.97 Å². The fraction of sp³-hybridized carbons (Fsp3) is 0.0833. The number of aromatic carboxylic acids is 1. The normalized spacial score (nSPS) is 10.2. The third kappa shape index (κ3) is 2.28. The number of aromatic nitrogens is 2. The average molecular weight is 232 g/mol. The van der Waals surface area contributed by atoms with Crippen molar-refractivity contribution in [3.8, 4) is 11.3 Å². The molecule has 0 aliphatic rings. The molecule has 1 N–H and O–H groups in total. The molecule has 1 aromatic heterocycles. The predicted molar refractivity (Wildman–Crippen MR) is 59.1 cm³/mol. The number of hydrogen-bond donors (Lipinski definition) is 1. The summed E-state index contributed by atoms with van der Waals surface area (Å²) in [4.78, 5) is 18.4. The highest BCUT2D eigenvalue weighted by molar-refractivity contribution is 5.84. The van der Waals surface area contributed by atoms with Gasteiger partial charge in [0.15, 0.2) is 0 Å². The second-order valence-electron chi connectivity index (χ2n) is 3.54. The van der Waals surface area contributed by atoms with Gasteiger partial charge >= 0.3 is 5.97 Å². The number of carboxylic acid groups (broad SMARTS) is 1. The van der Waals surface area contributed by atoms with E-state index in [0.717, 1.165) is 0 Å². The largest absolute Gasteiger partial charge is 0.475 e. The van der Waals surface area contributed by atoms with E-state index in [-0.39, 0.29) is 5.82 Å². The van der Waals surface area contributed by atoms with E-state index in [1.165, 1.54) is 18.3 Å². The molecule has 86 valence electrons. The first-order chi connectivity index (χ1) is 8.08. The van der Waals surface area contributed by atoms with Gasteiger partial charge in [-0.2, -0.15) is 0 Å². The van der Waals surface area contributed by atoms with Gasteiger partial charge in [0.25, 0.3) is 0 Å². The molecule has 4 nitrogen and oxygen atoms in total. The Morgan fingerprint density at radius 1 is 1.41 bits per heavy atom. The number of aryl methyl sites for hydroxylation is 1. The summed E-state index contributed by atoms with van der Waals surface area (Å²) < 4.78 is 13.1. The van der Waals surface area contributed by atoms with E-state index in [4.69, 9.17) is 5.11 Å². The Kier molecular flexibility index (Phi) is 2.82. The minimum absolute atomic E-state index is 0.296. The monoisotopic (exact) mass is 232 g/mol. The molecule has 0 saturated carbocycles. The molecule has 2 rings (SSSR count). The van der Waals surface area contributed by atoms with Crippen molar-refractivity contribution < 1.29 is 14.3 Å². The van der Waals surface area contributed by atoms with Crippen molar-refractivity contribution in [3.05, 3.63) is 47.7 Å². The zero-order chi connectivity index (χ0) is 12.4. The van der Waals surface area contributed by atoms with Gasteiger partial charge in [0.2, 0.25) is 5.82 Å². The van der Waals surface area contributed by atoms with Crippen LogP contribution in [0, 0.1) is 12.7 Å². The molecule has 0 unspecified atom stereocenters. The third-order valence-corrected chi connectivity index (χ3v) is 2.26. The molecule has 0 saturated heterocycles. The summed E-state index contributed by atoms with van der Waals surface area (Å²) in [6.45, 7) is 1.74. The third-order valence-electron chi connectivity index (χ3n) is 2.26. The Hall–Kier alpha value is -2.30. The van der Waals surface area contributed by atoms with Gasteiger partial charge in [0.1, 0.15) is 5.82 Å². The van der Waals surface area contributed by atoms with Crippen LogP contribution in [0.1, 0.15) is 16.2 Å². The van der Waals surface area contributed by atoms with Gasteiger partial charge in [-0.3, -0.25) is 0 Å². The Balaban J connectivity index is 2.58. The van der Waals surface area contributed by atoms with Crippen molar-refractivity contribution in [2.75, 3.05) is 0 Å². The van der Waals surface area contributed by atoms with Crippen LogP contribution >= 0.6 is 0 Å². The summed E-state index contributed by atoms with van der Waals surface area (Å²) in [5.41, 5.74) is 1.66. The number of benzene rings is 1. The van der Waals surface area contributed by atoms with Gasteiger partial charge in [-0.25, -0.2) is 19.2 Å². The molecular weight excluding hydrogens is 223 g/mol. The predicted octanol–water partition coefficient (Wildman–Crippen LogP) is 2.29. The number of rotatable bonds is 2. The fourth-order valence-corrected chi connectivity index (χ4v) is 1.47. The van der Waals surface area contributed by atoms with Crippen LogP contribution in [0.5, 0.6) is 0 Å². The molecule has 5 heteroatoms. The molecular formula is C12H9FN2O2. The SMILES string of the molecule is Cc1cnc(C(=O)O)nc1-c1cccc(F)c1. The maximum atomic E-state index is 13.1. The highest BCUT2D eigenvalue weighted by atomic mass is 19.1. The zero-order valence-corrected chi connectivity index (χ0v) is 9.01. The van der Waals surface area contributed by atoms with Gasteiger partial charge in [-0.1, -0.05) is 12.1 Å². The highest BCUT2D eigenvalue weighted by Crippen LogP contribution is 2.21. The molecule has 2 aromatic rings. The summed E-state index contributed by atoms with van der Waals surface area (Å²) in [7, 11) is 0. The first-order valence-corrected chi connectivity index (χ1v) is 4.91. The van der Waals surface area contributed by atoms with E-state index in [9.17, 15) is 9.18 Å². The van der Waals surface area contributed by atoms with Gasteiger partial charge in [-0.15, -0.1) is 0 Å². The molecule has 0 atom stereocenters. The molecule has 0 spiro atoms. The van der Waals surface area contributed by atoms with Crippen LogP contribution in [0.15, 0.2) is 30.5 Å². The first kappa shape index (κ1) is 11.2. The maximum Gasteiger partial charge on any atom is 0.373 e. The van der Waals surface area contributed by atoms with Crippen LogP contribution < -0.4 is 0 Å². The summed E-state index contributed by atoms with van der Waals surface area (Å²) in [5, 5.41) is 8.80. The standard InChI is InChI=1S/C12H9FN2O2/c1-7-6-14-11(12(16)17)15-10(7)8-3-2-4-9(13)5-8/h2-6H,1H3,(H,16,17). The van der Waals surface area contributed by atoms with Crippen molar-refractivity contribution in [3.63, 3.8) is 0 Å². The van der Waals surface area contributed by atoms with E-state index >= 15 is 0 Å². The van der Waals surface area contributed by atoms with Gasteiger partial charge in [0, 0.05) is 11.8 Å². The zero-order valence-electron chi connectivity index (χ0n) is 9.01. The average Bonchev–Trinajstić information content (AvgIpc) is 2.29. The van der Waals surface area contributed by atoms with E-state index in [1.807, 2.05) is 0 Å². The van der Waals surface area contributed by atoms with Crippen LogP contribution in [0.3, 0.4) is 0 Å². The van der Waals surface area contributed by atoms with Gasteiger partial charge in [0.05, 0.1) is 5.69 Å². The second-order valence-corrected chi connectivity index (χ2v) is 3.54. The fourth-order valence-electron chi connectivity index (χ4n) is 1.47. The summed E-state index contributed by atoms with van der Waals surface area (Å²) >= 11 is 0. The van der Waals surface area contributed by atoms with Crippen molar-refractivity contribution in [2.45, 2.75) is 6.92 Å². The summed E-state index contributed by atoms with van der Waals surface area (Å²) in [5.74, 6) is -1.89. The topological polar surface area (TPSA) is 63.1 Å². The minimum Gasteiger partial charge on any atom is -0.475 e. The Morgan fingerprint density at radius 3 is 2.82 bits per heavy atom. The van der Waals surface area contributed by atoms with Crippen molar-refractivity contribution in [2.24, 2.45) is 0 Å². The molecule has 0 bridgehead atoms. The molecule has 0 amide bonds. The van der Waals surface area contributed by atoms with E-state index in [2.05, 4.69) is 9.97 Å². The number of hydrogen-bond acceptors (Lipinski definition) is 3. The van der Waals surface area contributed by atoms with E-state index < -0.39 is 11.8 Å². The molecule has 0 aliphatic heterocycles. The van der Waals surface area contributed by atoms with Crippen molar-refractivity contribution in [1.29, 1.82) is 0 Å². The lowest BCUT2D eigenvalue weighted by Crippen LogP contribution is -2.05. The van der Waals surface area contributed by atoms with E-state index in [0.29, 0.717) is 16.8 Å². The lowest BCUT2D eigenvalue weighted by Gasteiger charge is -2.05. The minimum atomic E-state index is -1.21. The van der Waals surface area contributed by atoms with Crippen LogP contribution in [-0.4, -0.2) is 21.0 Å². The molecule has 17 heavy (non-hydrogen) atoms. The Morgan fingerprint density at radius 2 is 2.18 bits per heavy atom. The molecule has 0 fully saturated rings. The number of carboxylic acids is 1. The number of nitrogens with zero attached hydrogens (tertiary/aromatic N) is 2. The van der Waals surface area contributed by atoms with Crippen LogP contribution in [0.25, 0.3) is 11.3 Å². The Labute approximate surface area is 96.8 Å². The highest BCUT2D eigenvalue weighted by Gasteiger charge is 2.11.